The molecular formula is C9H15NO3S. The van der Waals surface area contributed by atoms with Gasteiger partial charge in [-0.2, -0.15) is 11.8 Å². The molecule has 1 atom stereocenters. The van der Waals surface area contributed by atoms with E-state index in [4.69, 9.17) is 5.11 Å². The maximum atomic E-state index is 10.7. The van der Waals surface area contributed by atoms with Crippen LogP contribution in [0.1, 0.15) is 13.3 Å². The normalized spacial score (nSPS) is 11.8. The van der Waals surface area contributed by atoms with Gasteiger partial charge in [0.15, 0.2) is 0 Å². The highest BCUT2D eigenvalue weighted by atomic mass is 32.2. The highest BCUT2D eigenvalue weighted by Gasteiger charge is 2.17. The van der Waals surface area contributed by atoms with Crippen LogP contribution in [0.15, 0.2) is 12.7 Å². The fraction of sp³-hybridized carbons (Fsp3) is 0.556. The number of hydrogen-bond acceptors (Lipinski definition) is 3. The molecule has 0 saturated carbocycles. The molecule has 0 aliphatic carbocycles. The summed E-state index contributed by atoms with van der Waals surface area (Å²) in [6.07, 6.45) is 2.62. The first-order chi connectivity index (χ1) is 6.57. The summed E-state index contributed by atoms with van der Waals surface area (Å²) < 4.78 is 0. The third-order valence-electron chi connectivity index (χ3n) is 1.43. The number of hydrogen-bond donors (Lipinski definition) is 2. The predicted molar refractivity (Wildman–Crippen MR) is 57.4 cm³/mol. The van der Waals surface area contributed by atoms with Crippen molar-refractivity contribution in [1.29, 1.82) is 0 Å². The second kappa shape index (κ2) is 7.44. The summed E-state index contributed by atoms with van der Waals surface area (Å²) in [6, 6.07) is -0.790. The van der Waals surface area contributed by atoms with E-state index in [0.717, 1.165) is 12.2 Å². The van der Waals surface area contributed by atoms with Crippen molar-refractivity contribution < 1.29 is 14.7 Å². The van der Waals surface area contributed by atoms with E-state index in [0.29, 0.717) is 5.75 Å². The summed E-state index contributed by atoms with van der Waals surface area (Å²) in [5.74, 6) is -0.0941. The zero-order valence-corrected chi connectivity index (χ0v) is 8.97. The number of allylic oxidation sites excluding steroid dienone is 1. The van der Waals surface area contributed by atoms with E-state index in [1.54, 1.807) is 6.08 Å². The maximum Gasteiger partial charge on any atom is 0.327 e. The molecule has 0 fully saturated rings. The third-order valence-corrected chi connectivity index (χ3v) is 2.52. The molecule has 80 valence electrons. The van der Waals surface area contributed by atoms with Crippen LogP contribution in [0.4, 0.5) is 0 Å². The number of carboxylic acids is 1. The minimum Gasteiger partial charge on any atom is -0.480 e. The number of carbonyl (C=O) groups is 2. The number of carbonyl (C=O) groups excluding carboxylic acids is 1. The molecular weight excluding hydrogens is 202 g/mol. The van der Waals surface area contributed by atoms with Gasteiger partial charge in [0.25, 0.3) is 0 Å². The van der Waals surface area contributed by atoms with Crippen LogP contribution in [0.2, 0.25) is 0 Å². The largest absolute Gasteiger partial charge is 0.480 e. The molecule has 4 nitrogen and oxygen atoms in total. The van der Waals surface area contributed by atoms with E-state index >= 15 is 0 Å². The molecule has 2 N–H and O–H groups in total. The van der Waals surface area contributed by atoms with E-state index in [9.17, 15) is 9.59 Å². The van der Waals surface area contributed by atoms with Gasteiger partial charge in [0, 0.05) is 12.7 Å². The maximum absolute atomic E-state index is 10.7. The molecule has 0 rings (SSSR count). The summed E-state index contributed by atoms with van der Waals surface area (Å²) in [5.41, 5.74) is 0. The number of aliphatic carboxylic acids is 1. The lowest BCUT2D eigenvalue weighted by molar-refractivity contribution is -0.140. The molecule has 14 heavy (non-hydrogen) atoms. The second-order valence-electron chi connectivity index (χ2n) is 2.74. The molecule has 5 heteroatoms. The van der Waals surface area contributed by atoms with Crippen molar-refractivity contribution in [1.82, 2.24) is 5.32 Å². The van der Waals surface area contributed by atoms with Gasteiger partial charge in [-0.15, -0.1) is 6.58 Å². The van der Waals surface area contributed by atoms with Crippen molar-refractivity contribution in [2.24, 2.45) is 0 Å². The van der Waals surface area contributed by atoms with Crippen LogP contribution in [0.5, 0.6) is 0 Å². The second-order valence-corrected chi connectivity index (χ2v) is 3.89. The van der Waals surface area contributed by atoms with E-state index in [-0.39, 0.29) is 5.91 Å². The Bertz CT molecular complexity index is 218. The monoisotopic (exact) mass is 217 g/mol. The van der Waals surface area contributed by atoms with Crippen molar-refractivity contribution in [3.8, 4) is 0 Å². The summed E-state index contributed by atoms with van der Waals surface area (Å²) in [5, 5.41) is 11.1. The fourth-order valence-electron chi connectivity index (χ4n) is 0.788. The van der Waals surface area contributed by atoms with Gasteiger partial charge in [0.05, 0.1) is 0 Å². The number of rotatable bonds is 7. The smallest absolute Gasteiger partial charge is 0.327 e. The molecule has 1 unspecified atom stereocenters. The van der Waals surface area contributed by atoms with Crippen molar-refractivity contribution in [2.75, 3.05) is 11.5 Å². The fourth-order valence-corrected chi connectivity index (χ4v) is 1.75. The first-order valence-electron chi connectivity index (χ1n) is 4.26. The van der Waals surface area contributed by atoms with E-state index in [2.05, 4.69) is 11.9 Å². The van der Waals surface area contributed by atoms with Crippen molar-refractivity contribution in [3.63, 3.8) is 0 Å². The quantitative estimate of drug-likeness (QED) is 0.491. The molecule has 1 amide bonds. The molecule has 0 radical (unpaired) electrons. The minimum absolute atomic E-state index is 0.318. The Labute approximate surface area is 87.8 Å². The van der Waals surface area contributed by atoms with Gasteiger partial charge in [-0.05, 0) is 12.2 Å². The topological polar surface area (TPSA) is 66.4 Å². The van der Waals surface area contributed by atoms with Crippen LogP contribution in [0, 0.1) is 0 Å². The van der Waals surface area contributed by atoms with E-state index in [1.165, 1.54) is 18.7 Å². The van der Waals surface area contributed by atoms with Crippen molar-refractivity contribution in [2.45, 2.75) is 19.4 Å². The Morgan fingerprint density at radius 1 is 1.64 bits per heavy atom. The summed E-state index contributed by atoms with van der Waals surface area (Å²) in [4.78, 5) is 21.3. The van der Waals surface area contributed by atoms with Gasteiger partial charge in [0.1, 0.15) is 6.04 Å². The Morgan fingerprint density at radius 2 is 2.29 bits per heavy atom. The molecule has 0 saturated heterocycles. The lowest BCUT2D eigenvalue weighted by Crippen LogP contribution is -2.41. The SMILES string of the molecule is C=CCCSCC(NC(C)=O)C(=O)O. The van der Waals surface area contributed by atoms with Gasteiger partial charge in [0.2, 0.25) is 5.91 Å². The number of amides is 1. The molecule has 0 aliphatic heterocycles. The van der Waals surface area contributed by atoms with Crippen molar-refractivity contribution in [3.05, 3.63) is 12.7 Å². The van der Waals surface area contributed by atoms with Crippen molar-refractivity contribution >= 4 is 23.6 Å². The standard InChI is InChI=1S/C9H15NO3S/c1-3-4-5-14-6-8(9(12)13)10-7(2)11/h3,8H,1,4-6H2,2H3,(H,10,11)(H,12,13). The first-order valence-corrected chi connectivity index (χ1v) is 5.42. The first kappa shape index (κ1) is 13.0. The van der Waals surface area contributed by atoms with Gasteiger partial charge >= 0.3 is 5.97 Å². The Balaban J connectivity index is 3.79. The summed E-state index contributed by atoms with van der Waals surface area (Å²) in [6.45, 7) is 4.87. The minimum atomic E-state index is -0.994. The van der Waals surface area contributed by atoms with Crippen LogP contribution in [-0.2, 0) is 9.59 Å². The Kier molecular flexibility index (Phi) is 6.92. The van der Waals surface area contributed by atoms with E-state index < -0.39 is 12.0 Å². The number of carboxylic acid groups (broad SMARTS) is 1. The predicted octanol–water partition coefficient (Wildman–Crippen LogP) is 0.885. The van der Waals surface area contributed by atoms with Crippen LogP contribution >= 0.6 is 11.8 Å². The average molecular weight is 217 g/mol. The Morgan fingerprint density at radius 3 is 2.71 bits per heavy atom. The van der Waals surface area contributed by atoms with Gasteiger partial charge in [-0.25, -0.2) is 4.79 Å². The van der Waals surface area contributed by atoms with Gasteiger partial charge in [-0.1, -0.05) is 6.08 Å². The number of nitrogens with one attached hydrogen (secondary N) is 1. The zero-order chi connectivity index (χ0) is 11.0. The summed E-state index contributed by atoms with van der Waals surface area (Å²) in [7, 11) is 0. The van der Waals surface area contributed by atoms with Gasteiger partial charge in [-0.3, -0.25) is 4.79 Å². The number of thioether (sulfide) groups is 1. The van der Waals surface area contributed by atoms with Gasteiger partial charge < -0.3 is 10.4 Å². The lowest BCUT2D eigenvalue weighted by Gasteiger charge is -2.11. The molecule has 0 heterocycles. The molecule has 0 aliphatic rings. The highest BCUT2D eigenvalue weighted by Crippen LogP contribution is 2.05. The third kappa shape index (κ3) is 6.54. The van der Waals surface area contributed by atoms with Crippen LogP contribution in [0.3, 0.4) is 0 Å². The van der Waals surface area contributed by atoms with Crippen LogP contribution in [-0.4, -0.2) is 34.5 Å². The highest BCUT2D eigenvalue weighted by molar-refractivity contribution is 7.99. The zero-order valence-electron chi connectivity index (χ0n) is 8.16. The Hall–Kier alpha value is -0.970. The average Bonchev–Trinajstić information content (AvgIpc) is 2.09. The van der Waals surface area contributed by atoms with Crippen LogP contribution in [0.25, 0.3) is 0 Å². The van der Waals surface area contributed by atoms with E-state index in [1.807, 2.05) is 0 Å². The summed E-state index contributed by atoms with van der Waals surface area (Å²) >= 11 is 1.49. The molecule has 0 aromatic heterocycles. The van der Waals surface area contributed by atoms with Crippen LogP contribution < -0.4 is 5.32 Å². The molecule has 0 aromatic carbocycles. The molecule has 0 spiro atoms. The molecule has 0 aromatic rings. The molecule has 0 bridgehead atoms. The lowest BCUT2D eigenvalue weighted by atomic mass is 10.3.